The number of amides is 3. The molecule has 2 aromatic rings. The first kappa shape index (κ1) is 21.6. The molecule has 1 heterocycles. The average molecular weight is 408 g/mol. The molecule has 0 unspecified atom stereocenters. The maximum absolute atomic E-state index is 12.8. The molecule has 0 saturated carbocycles. The molecular weight excluding hydrogens is 378 g/mol. The lowest BCUT2D eigenvalue weighted by Crippen LogP contribution is -2.45. The van der Waals surface area contributed by atoms with Gasteiger partial charge in [-0.2, -0.15) is 0 Å². The predicted molar refractivity (Wildman–Crippen MR) is 117 cm³/mol. The third-order valence-electron chi connectivity index (χ3n) is 5.60. The normalized spacial score (nSPS) is 14.3. The number of nitrogens with one attached hydrogen (secondary N) is 1. The Bertz CT molecular complexity index is 916. The number of rotatable bonds is 5. The van der Waals surface area contributed by atoms with Gasteiger partial charge in [-0.3, -0.25) is 14.4 Å². The Hall–Kier alpha value is -3.15. The number of nitrogens with zero attached hydrogens (tertiary/aromatic N) is 2. The maximum Gasteiger partial charge on any atom is 0.254 e. The molecule has 1 aliphatic heterocycles. The SMILES string of the molecule is Cc1ccc(NC(=O)CN(C)C(=O)C2CCN(C(=O)c3ccccc3C)CC2)cc1. The highest BCUT2D eigenvalue weighted by atomic mass is 16.2. The van der Waals surface area contributed by atoms with Crippen LogP contribution in [-0.2, 0) is 9.59 Å². The summed E-state index contributed by atoms with van der Waals surface area (Å²) in [6.45, 7) is 5.02. The molecule has 158 valence electrons. The van der Waals surface area contributed by atoms with Crippen LogP contribution in [0.15, 0.2) is 48.5 Å². The van der Waals surface area contributed by atoms with Crippen LogP contribution in [0.3, 0.4) is 0 Å². The van der Waals surface area contributed by atoms with Crippen LogP contribution in [0.25, 0.3) is 0 Å². The third-order valence-corrected chi connectivity index (χ3v) is 5.60. The van der Waals surface area contributed by atoms with Crippen LogP contribution in [0, 0.1) is 19.8 Å². The first-order valence-electron chi connectivity index (χ1n) is 10.3. The van der Waals surface area contributed by atoms with Crippen molar-refractivity contribution in [2.24, 2.45) is 5.92 Å². The molecule has 6 nitrogen and oxygen atoms in total. The zero-order valence-corrected chi connectivity index (χ0v) is 17.9. The minimum atomic E-state index is -0.220. The van der Waals surface area contributed by atoms with E-state index < -0.39 is 0 Å². The van der Waals surface area contributed by atoms with Gasteiger partial charge in [0.25, 0.3) is 5.91 Å². The van der Waals surface area contributed by atoms with Crippen LogP contribution in [0.4, 0.5) is 5.69 Å². The van der Waals surface area contributed by atoms with Crippen LogP contribution < -0.4 is 5.32 Å². The second-order valence-corrected chi connectivity index (χ2v) is 7.99. The van der Waals surface area contributed by atoms with E-state index in [1.165, 1.54) is 4.90 Å². The van der Waals surface area contributed by atoms with Crippen molar-refractivity contribution in [3.8, 4) is 0 Å². The van der Waals surface area contributed by atoms with Gasteiger partial charge in [-0.05, 0) is 50.5 Å². The number of hydrogen-bond donors (Lipinski definition) is 1. The topological polar surface area (TPSA) is 69.7 Å². The quantitative estimate of drug-likeness (QED) is 0.827. The van der Waals surface area contributed by atoms with E-state index in [9.17, 15) is 14.4 Å². The summed E-state index contributed by atoms with van der Waals surface area (Å²) in [6.07, 6.45) is 1.22. The Morgan fingerprint density at radius 3 is 2.27 bits per heavy atom. The highest BCUT2D eigenvalue weighted by Gasteiger charge is 2.30. The van der Waals surface area contributed by atoms with Gasteiger partial charge in [-0.1, -0.05) is 35.9 Å². The molecule has 0 aromatic heterocycles. The zero-order chi connectivity index (χ0) is 21.7. The molecule has 0 bridgehead atoms. The molecule has 1 aliphatic rings. The average Bonchev–Trinajstić information content (AvgIpc) is 2.74. The van der Waals surface area contributed by atoms with Crippen molar-refractivity contribution in [3.05, 3.63) is 65.2 Å². The van der Waals surface area contributed by atoms with E-state index in [2.05, 4.69) is 5.32 Å². The van der Waals surface area contributed by atoms with Gasteiger partial charge in [0.1, 0.15) is 0 Å². The summed E-state index contributed by atoms with van der Waals surface area (Å²) in [5.74, 6) is -0.410. The Morgan fingerprint density at radius 1 is 1.00 bits per heavy atom. The number of likely N-dealkylation sites (N-methyl/N-ethyl adjacent to an activating group) is 1. The van der Waals surface area contributed by atoms with Gasteiger partial charge in [-0.25, -0.2) is 0 Å². The zero-order valence-electron chi connectivity index (χ0n) is 17.9. The van der Waals surface area contributed by atoms with Crippen LogP contribution in [0.1, 0.15) is 34.3 Å². The number of carbonyl (C=O) groups excluding carboxylic acids is 3. The van der Waals surface area contributed by atoms with Crippen molar-refractivity contribution in [1.29, 1.82) is 0 Å². The molecule has 1 saturated heterocycles. The summed E-state index contributed by atoms with van der Waals surface area (Å²) in [6, 6.07) is 15.1. The number of aryl methyl sites for hydroxylation is 2. The molecule has 2 aromatic carbocycles. The van der Waals surface area contributed by atoms with Crippen molar-refractivity contribution < 1.29 is 14.4 Å². The van der Waals surface area contributed by atoms with E-state index in [4.69, 9.17) is 0 Å². The van der Waals surface area contributed by atoms with Crippen molar-refractivity contribution in [1.82, 2.24) is 9.80 Å². The van der Waals surface area contributed by atoms with Crippen LogP contribution in [0.5, 0.6) is 0 Å². The second kappa shape index (κ2) is 9.57. The second-order valence-electron chi connectivity index (χ2n) is 7.99. The van der Waals surface area contributed by atoms with E-state index in [1.54, 1.807) is 7.05 Å². The summed E-state index contributed by atoms with van der Waals surface area (Å²) in [5, 5.41) is 2.82. The number of carbonyl (C=O) groups is 3. The van der Waals surface area contributed by atoms with Gasteiger partial charge in [0.05, 0.1) is 6.54 Å². The fraction of sp³-hybridized carbons (Fsp3) is 0.375. The Kier molecular flexibility index (Phi) is 6.87. The first-order valence-corrected chi connectivity index (χ1v) is 10.3. The number of likely N-dealkylation sites (tertiary alicyclic amines) is 1. The number of hydrogen-bond acceptors (Lipinski definition) is 3. The molecule has 1 N–H and O–H groups in total. The molecule has 1 fully saturated rings. The maximum atomic E-state index is 12.8. The van der Waals surface area contributed by atoms with Crippen molar-refractivity contribution >= 4 is 23.4 Å². The van der Waals surface area contributed by atoms with Crippen molar-refractivity contribution in [2.45, 2.75) is 26.7 Å². The molecular formula is C24H29N3O3. The molecule has 0 aliphatic carbocycles. The minimum absolute atomic E-state index is 0.00899. The number of anilines is 1. The van der Waals surface area contributed by atoms with E-state index in [0.29, 0.717) is 31.5 Å². The third kappa shape index (κ3) is 5.26. The summed E-state index contributed by atoms with van der Waals surface area (Å²) in [5.41, 5.74) is 3.51. The monoisotopic (exact) mass is 407 g/mol. The van der Waals surface area contributed by atoms with E-state index in [0.717, 1.165) is 16.8 Å². The largest absolute Gasteiger partial charge is 0.339 e. The molecule has 0 atom stereocenters. The van der Waals surface area contributed by atoms with E-state index in [1.807, 2.05) is 67.3 Å². The highest BCUT2D eigenvalue weighted by Crippen LogP contribution is 2.22. The molecule has 3 rings (SSSR count). The Morgan fingerprint density at radius 2 is 1.63 bits per heavy atom. The van der Waals surface area contributed by atoms with Gasteiger partial charge in [0.2, 0.25) is 11.8 Å². The van der Waals surface area contributed by atoms with Gasteiger partial charge in [0.15, 0.2) is 0 Å². The molecule has 6 heteroatoms. The van der Waals surface area contributed by atoms with Gasteiger partial charge >= 0.3 is 0 Å². The smallest absolute Gasteiger partial charge is 0.254 e. The Labute approximate surface area is 177 Å². The molecule has 30 heavy (non-hydrogen) atoms. The minimum Gasteiger partial charge on any atom is -0.339 e. The number of benzene rings is 2. The standard InChI is InChI=1S/C24H29N3O3/c1-17-8-10-20(11-9-17)25-22(28)16-26(3)23(29)19-12-14-27(15-13-19)24(30)21-7-5-4-6-18(21)2/h4-11,19H,12-16H2,1-3H3,(H,25,28). The van der Waals surface area contributed by atoms with Gasteiger partial charge < -0.3 is 15.1 Å². The molecule has 3 amide bonds. The van der Waals surface area contributed by atoms with Crippen molar-refractivity contribution in [3.63, 3.8) is 0 Å². The molecule has 0 radical (unpaired) electrons. The fourth-order valence-electron chi connectivity index (χ4n) is 3.76. The lowest BCUT2D eigenvalue weighted by Gasteiger charge is -2.33. The lowest BCUT2D eigenvalue weighted by atomic mass is 9.94. The van der Waals surface area contributed by atoms with Gasteiger partial charge in [-0.15, -0.1) is 0 Å². The van der Waals surface area contributed by atoms with Gasteiger partial charge in [0, 0.05) is 37.3 Å². The van der Waals surface area contributed by atoms with Crippen LogP contribution in [-0.4, -0.2) is 54.2 Å². The summed E-state index contributed by atoms with van der Waals surface area (Å²) in [7, 11) is 1.65. The van der Waals surface area contributed by atoms with Crippen molar-refractivity contribution in [2.75, 3.05) is 32.0 Å². The van der Waals surface area contributed by atoms with E-state index in [-0.39, 0.29) is 30.2 Å². The summed E-state index contributed by atoms with van der Waals surface area (Å²) < 4.78 is 0. The lowest BCUT2D eigenvalue weighted by molar-refractivity contribution is -0.138. The van der Waals surface area contributed by atoms with E-state index >= 15 is 0 Å². The van der Waals surface area contributed by atoms with Crippen LogP contribution >= 0.6 is 0 Å². The first-order chi connectivity index (χ1) is 14.3. The summed E-state index contributed by atoms with van der Waals surface area (Å²) in [4.78, 5) is 41.1. The van der Waals surface area contributed by atoms with Crippen LogP contribution in [0.2, 0.25) is 0 Å². The molecule has 0 spiro atoms. The number of piperidine rings is 1. The predicted octanol–water partition coefficient (Wildman–Crippen LogP) is 3.25. The summed E-state index contributed by atoms with van der Waals surface area (Å²) >= 11 is 0. The highest BCUT2D eigenvalue weighted by molar-refractivity contribution is 5.96. The Balaban J connectivity index is 1.49. The fourth-order valence-corrected chi connectivity index (χ4v) is 3.76.